The molecule has 10 heteroatoms. The van der Waals surface area contributed by atoms with E-state index in [0.717, 1.165) is 31.8 Å². The minimum Gasteiger partial charge on any atom is -0.497 e. The van der Waals surface area contributed by atoms with E-state index in [4.69, 9.17) is 33.2 Å². The van der Waals surface area contributed by atoms with Crippen molar-refractivity contribution in [3.8, 4) is 5.75 Å². The monoisotopic (exact) mass is 1060 g/mol. The maximum Gasteiger partial charge on any atom is 0.119 e. The molecule has 3 saturated carbocycles. The molecule has 9 atom stereocenters. The molecular formula is C67H103N3O7. The molecule has 0 unspecified atom stereocenters. The summed E-state index contributed by atoms with van der Waals surface area (Å²) in [5, 5.41) is 12.1. The Morgan fingerprint density at radius 1 is 0.429 bits per heavy atom. The lowest BCUT2D eigenvalue weighted by Gasteiger charge is -2.49. The Kier molecular flexibility index (Phi) is 21.9. The van der Waals surface area contributed by atoms with E-state index < -0.39 is 0 Å². The van der Waals surface area contributed by atoms with Crippen LogP contribution >= 0.6 is 0 Å². The maximum absolute atomic E-state index is 6.27. The SMILES string of the molecule is COc1ccc2c(c1)[C@@]1(C)CCCCC[C@@H](C2)[C@@H]1NCCOCCOCC(COCCOCCN[C@H]1[C@H]2CCCCC[C@]1(C)c1cc(C)ccc1C2)COCCOCCN[C@H]1[C@H]2CCCCC[C@]1(C)c1cc(C)ccc1C2. The molecule has 9 rings (SSSR count). The van der Waals surface area contributed by atoms with Gasteiger partial charge in [-0.05, 0) is 135 Å². The van der Waals surface area contributed by atoms with Crippen LogP contribution in [0.4, 0.5) is 0 Å². The third kappa shape index (κ3) is 14.8. The first-order valence-corrected chi connectivity index (χ1v) is 31.1. The predicted octanol–water partition coefficient (Wildman–Crippen LogP) is 11.5. The van der Waals surface area contributed by atoms with Gasteiger partial charge in [0, 0.05) is 59.9 Å². The van der Waals surface area contributed by atoms with E-state index in [1.165, 1.54) is 131 Å². The second kappa shape index (κ2) is 28.7. The third-order valence-electron chi connectivity index (χ3n) is 19.9. The molecule has 0 aromatic heterocycles. The number of hydrogen-bond acceptors (Lipinski definition) is 10. The summed E-state index contributed by atoms with van der Waals surface area (Å²) in [6, 6.07) is 22.5. The Morgan fingerprint density at radius 3 is 1.16 bits per heavy atom. The molecule has 6 aliphatic rings. The summed E-state index contributed by atoms with van der Waals surface area (Å²) in [6.45, 7) is 21.6. The highest BCUT2D eigenvalue weighted by Gasteiger charge is 2.48. The Balaban J connectivity index is 0.699. The number of aryl methyl sites for hydroxylation is 2. The molecule has 428 valence electrons. The first-order valence-electron chi connectivity index (χ1n) is 31.1. The van der Waals surface area contributed by atoms with Gasteiger partial charge in [0.2, 0.25) is 0 Å². The average Bonchev–Trinajstić information content (AvgIpc) is 3.52. The Labute approximate surface area is 466 Å². The van der Waals surface area contributed by atoms with Crippen LogP contribution in [0.2, 0.25) is 0 Å². The number of nitrogens with one attached hydrogen (secondary N) is 3. The van der Waals surface area contributed by atoms with Crippen molar-refractivity contribution in [3.63, 3.8) is 0 Å². The largest absolute Gasteiger partial charge is 0.497 e. The molecule has 6 aliphatic carbocycles. The molecule has 0 heterocycles. The Bertz CT molecular complexity index is 2170. The first-order chi connectivity index (χ1) is 37.6. The summed E-state index contributed by atoms with van der Waals surface area (Å²) in [6.07, 6.45) is 23.0. The van der Waals surface area contributed by atoms with E-state index in [1.807, 2.05) is 0 Å². The molecule has 0 spiro atoms. The lowest BCUT2D eigenvalue weighted by Crippen LogP contribution is -2.56. The lowest BCUT2D eigenvalue weighted by atomic mass is 9.59. The summed E-state index contributed by atoms with van der Waals surface area (Å²) in [5.41, 5.74) is 12.4. The molecule has 77 heavy (non-hydrogen) atoms. The van der Waals surface area contributed by atoms with Gasteiger partial charge in [-0.3, -0.25) is 0 Å². The van der Waals surface area contributed by atoms with Crippen LogP contribution in [0.15, 0.2) is 54.6 Å². The van der Waals surface area contributed by atoms with E-state index >= 15 is 0 Å². The Hall–Kier alpha value is -2.90. The summed E-state index contributed by atoms with van der Waals surface area (Å²) >= 11 is 0. The van der Waals surface area contributed by atoms with Crippen LogP contribution < -0.4 is 20.7 Å². The van der Waals surface area contributed by atoms with E-state index in [1.54, 1.807) is 29.4 Å². The van der Waals surface area contributed by atoms with Gasteiger partial charge in [0.1, 0.15) is 5.75 Å². The van der Waals surface area contributed by atoms with Gasteiger partial charge < -0.3 is 49.1 Å². The third-order valence-corrected chi connectivity index (χ3v) is 19.9. The molecule has 3 aromatic rings. The summed E-state index contributed by atoms with van der Waals surface area (Å²) in [4.78, 5) is 0. The molecule has 0 saturated heterocycles. The van der Waals surface area contributed by atoms with Crippen molar-refractivity contribution in [2.75, 3.05) is 106 Å². The Morgan fingerprint density at radius 2 is 0.779 bits per heavy atom. The van der Waals surface area contributed by atoms with Gasteiger partial charge in [-0.1, -0.05) is 132 Å². The number of fused-ring (bicyclic) bond motifs is 12. The highest BCUT2D eigenvalue weighted by Crippen LogP contribution is 2.50. The van der Waals surface area contributed by atoms with E-state index in [0.29, 0.717) is 115 Å². The molecule has 6 bridgehead atoms. The normalized spacial score (nSPS) is 29.0. The number of ether oxygens (including phenoxy) is 7. The summed E-state index contributed by atoms with van der Waals surface area (Å²) in [5.74, 6) is 3.05. The molecule has 3 aromatic carbocycles. The van der Waals surface area contributed by atoms with Crippen LogP contribution in [0.25, 0.3) is 0 Å². The molecule has 10 nitrogen and oxygen atoms in total. The maximum atomic E-state index is 6.27. The van der Waals surface area contributed by atoms with Crippen molar-refractivity contribution in [3.05, 3.63) is 99.1 Å². The minimum absolute atomic E-state index is 0.0833. The fourth-order valence-electron chi connectivity index (χ4n) is 15.9. The fourth-order valence-corrected chi connectivity index (χ4v) is 15.9. The standard InChI is InChI=1S/C67H103N3O7/c1-49-19-21-52-42-55-16-10-7-13-25-65(3,59(52)40-49)62(55)68-28-31-72-34-37-75-46-51(47-76-38-35-73-32-29-69-63-56-17-11-8-14-26-66(63,4)60-41-50(2)20-22-53(60)43-56)48-77-39-36-74-33-30-70-64-57-18-12-9-15-27-67(64,5)61-45-58(71-6)24-23-54(61)44-57/h19-24,40-41,45,51,55-57,62-64,68-70H,7-18,25-39,42-44,46-48H2,1-6H3/t55-,56-,57-,62-,63-,64-,65+,66+,67+/m0/s1. The quantitative estimate of drug-likeness (QED) is 0.0610. The van der Waals surface area contributed by atoms with Gasteiger partial charge in [-0.25, -0.2) is 0 Å². The second-order valence-electron chi connectivity index (χ2n) is 25.5. The van der Waals surface area contributed by atoms with Crippen molar-refractivity contribution in [1.29, 1.82) is 0 Å². The van der Waals surface area contributed by atoms with Crippen LogP contribution in [0.3, 0.4) is 0 Å². The van der Waals surface area contributed by atoms with Crippen molar-refractivity contribution in [2.45, 2.75) is 185 Å². The van der Waals surface area contributed by atoms with Crippen molar-refractivity contribution < 1.29 is 33.2 Å². The second-order valence-corrected chi connectivity index (χ2v) is 25.5. The number of benzene rings is 3. The van der Waals surface area contributed by atoms with Crippen molar-refractivity contribution in [2.24, 2.45) is 23.7 Å². The zero-order valence-electron chi connectivity index (χ0n) is 48.9. The number of rotatable bonds is 28. The lowest BCUT2D eigenvalue weighted by molar-refractivity contribution is -0.0369. The smallest absolute Gasteiger partial charge is 0.119 e. The molecular weight excluding hydrogens is 959 g/mol. The van der Waals surface area contributed by atoms with Gasteiger partial charge in [0.25, 0.3) is 0 Å². The number of methoxy groups -OCH3 is 1. The topological polar surface area (TPSA) is 101 Å². The zero-order valence-corrected chi connectivity index (χ0v) is 48.9. The van der Waals surface area contributed by atoms with Crippen molar-refractivity contribution in [1.82, 2.24) is 16.0 Å². The molecule has 0 amide bonds. The zero-order chi connectivity index (χ0) is 53.5. The van der Waals surface area contributed by atoms with Crippen LogP contribution in [0.5, 0.6) is 5.75 Å². The van der Waals surface area contributed by atoms with Gasteiger partial charge in [0.05, 0.1) is 86.4 Å². The van der Waals surface area contributed by atoms with Crippen LogP contribution in [-0.2, 0) is 63.9 Å². The molecule has 0 aliphatic heterocycles. The van der Waals surface area contributed by atoms with Crippen molar-refractivity contribution >= 4 is 0 Å². The van der Waals surface area contributed by atoms with Crippen LogP contribution in [0, 0.1) is 37.5 Å². The number of hydrogen-bond donors (Lipinski definition) is 3. The average molecular weight is 1060 g/mol. The van der Waals surface area contributed by atoms with E-state index in [2.05, 4.69) is 105 Å². The first kappa shape index (κ1) is 58.7. The van der Waals surface area contributed by atoms with Gasteiger partial charge in [-0.2, -0.15) is 0 Å². The van der Waals surface area contributed by atoms with Gasteiger partial charge in [-0.15, -0.1) is 0 Å². The molecule has 0 radical (unpaired) electrons. The van der Waals surface area contributed by atoms with E-state index in [-0.39, 0.29) is 22.2 Å². The molecule has 3 fully saturated rings. The summed E-state index contributed by atoms with van der Waals surface area (Å²) < 4.78 is 43.1. The van der Waals surface area contributed by atoms with Crippen LogP contribution in [0.1, 0.15) is 162 Å². The van der Waals surface area contributed by atoms with Crippen LogP contribution in [-0.4, -0.2) is 124 Å². The van der Waals surface area contributed by atoms with Gasteiger partial charge >= 0.3 is 0 Å². The van der Waals surface area contributed by atoms with Gasteiger partial charge in [0.15, 0.2) is 0 Å². The highest BCUT2D eigenvalue weighted by molar-refractivity contribution is 5.46. The fraction of sp³-hybridized carbons (Fsp3) is 0.731. The molecule has 3 N–H and O–H groups in total. The summed E-state index contributed by atoms with van der Waals surface area (Å²) in [7, 11) is 1.78. The predicted molar refractivity (Wildman–Crippen MR) is 312 cm³/mol. The highest BCUT2D eigenvalue weighted by atomic mass is 16.5. The minimum atomic E-state index is 0.0833. The van der Waals surface area contributed by atoms with E-state index in [9.17, 15) is 0 Å².